The number of hydrogen-bond acceptors (Lipinski definition) is 4. The van der Waals surface area contributed by atoms with E-state index in [1.54, 1.807) is 4.68 Å². The average Bonchev–Trinajstić information content (AvgIpc) is 2.53. The van der Waals surface area contributed by atoms with E-state index in [0.29, 0.717) is 17.7 Å². The second-order valence-electron chi connectivity index (χ2n) is 5.31. The summed E-state index contributed by atoms with van der Waals surface area (Å²) in [5, 5.41) is 13.6. The number of aromatic nitrogens is 2. The molecule has 0 aromatic carbocycles. The lowest BCUT2D eigenvalue weighted by Gasteiger charge is -2.20. The largest absolute Gasteiger partial charge is 0.249 e. The number of sulfone groups is 1. The van der Waals surface area contributed by atoms with Gasteiger partial charge in [-0.1, -0.05) is 0 Å². The minimum Gasteiger partial charge on any atom is -0.249 e. The number of aryl methyl sites for hydroxylation is 1. The smallest absolute Gasteiger partial charge is 0.155 e. The van der Waals surface area contributed by atoms with E-state index in [1.165, 1.54) is 0 Å². The molecular formula is C11H15N3O2S. The molecule has 0 radical (unpaired) electrons. The fourth-order valence-corrected chi connectivity index (χ4v) is 3.38. The Labute approximate surface area is 101 Å². The zero-order chi connectivity index (χ0) is 12.8. The zero-order valence-corrected chi connectivity index (χ0v) is 11.0. The minimum absolute atomic E-state index is 0.0543. The summed E-state index contributed by atoms with van der Waals surface area (Å²) >= 11 is 0. The summed E-state index contributed by atoms with van der Waals surface area (Å²) in [4.78, 5) is 0. The quantitative estimate of drug-likeness (QED) is 0.690. The molecule has 1 aliphatic rings. The molecule has 5 nitrogen and oxygen atoms in total. The molecule has 0 N–H and O–H groups in total. The van der Waals surface area contributed by atoms with Gasteiger partial charge in [0, 0.05) is 12.0 Å². The predicted molar refractivity (Wildman–Crippen MR) is 63.1 cm³/mol. The van der Waals surface area contributed by atoms with Crippen LogP contribution in [-0.2, 0) is 27.5 Å². The van der Waals surface area contributed by atoms with E-state index in [9.17, 15) is 13.7 Å². The van der Waals surface area contributed by atoms with Gasteiger partial charge >= 0.3 is 0 Å². The summed E-state index contributed by atoms with van der Waals surface area (Å²) in [6.45, 7) is 5.84. The van der Waals surface area contributed by atoms with Crippen LogP contribution in [-0.4, -0.2) is 24.0 Å². The average molecular weight is 253 g/mol. The highest BCUT2D eigenvalue weighted by Gasteiger charge is 2.31. The third-order valence-corrected chi connectivity index (χ3v) is 4.38. The Bertz CT molecular complexity index is 600. The highest BCUT2D eigenvalue weighted by molar-refractivity contribution is 7.90. The van der Waals surface area contributed by atoms with Gasteiger partial charge in [0.15, 0.2) is 9.84 Å². The molecule has 0 fully saturated rings. The summed E-state index contributed by atoms with van der Waals surface area (Å²) < 4.78 is 24.8. The van der Waals surface area contributed by atoms with Gasteiger partial charge in [0.05, 0.1) is 22.7 Å². The maximum Gasteiger partial charge on any atom is 0.155 e. The van der Waals surface area contributed by atoms with Crippen LogP contribution in [0.1, 0.15) is 37.7 Å². The molecule has 17 heavy (non-hydrogen) atoms. The zero-order valence-electron chi connectivity index (χ0n) is 10.2. The van der Waals surface area contributed by atoms with Crippen LogP contribution in [0.3, 0.4) is 0 Å². The van der Waals surface area contributed by atoms with Gasteiger partial charge in [0.2, 0.25) is 0 Å². The Morgan fingerprint density at radius 1 is 1.41 bits per heavy atom. The van der Waals surface area contributed by atoms with Crippen LogP contribution in [0.2, 0.25) is 0 Å². The Kier molecular flexibility index (Phi) is 2.54. The van der Waals surface area contributed by atoms with Crippen LogP contribution in [0.15, 0.2) is 0 Å². The fourth-order valence-electron chi connectivity index (χ4n) is 1.99. The van der Waals surface area contributed by atoms with E-state index in [2.05, 4.69) is 11.2 Å². The monoisotopic (exact) mass is 253 g/mol. The molecule has 0 amide bonds. The van der Waals surface area contributed by atoms with Gasteiger partial charge < -0.3 is 0 Å². The third-order valence-electron chi connectivity index (χ3n) is 2.82. The van der Waals surface area contributed by atoms with E-state index >= 15 is 0 Å². The molecule has 6 heteroatoms. The third kappa shape index (κ3) is 2.07. The van der Waals surface area contributed by atoms with Crippen LogP contribution in [0.5, 0.6) is 0 Å². The first-order valence-corrected chi connectivity index (χ1v) is 7.28. The van der Waals surface area contributed by atoms with Crippen LogP contribution < -0.4 is 0 Å². The Hall–Kier alpha value is -1.35. The van der Waals surface area contributed by atoms with E-state index in [4.69, 9.17) is 0 Å². The minimum atomic E-state index is -3.07. The summed E-state index contributed by atoms with van der Waals surface area (Å²) in [5.74, 6) is 0.0767. The second-order valence-corrected chi connectivity index (χ2v) is 7.49. The number of fused-ring (bicyclic) bond motifs is 1. The van der Waals surface area contributed by atoms with Crippen molar-refractivity contribution in [3.63, 3.8) is 0 Å². The van der Waals surface area contributed by atoms with Crippen LogP contribution >= 0.6 is 0 Å². The summed E-state index contributed by atoms with van der Waals surface area (Å²) in [6.07, 6.45) is 0.412. The van der Waals surface area contributed by atoms with E-state index < -0.39 is 9.84 Å². The van der Waals surface area contributed by atoms with E-state index in [-0.39, 0.29) is 17.0 Å². The molecule has 0 aliphatic carbocycles. The van der Waals surface area contributed by atoms with Crippen molar-refractivity contribution in [2.45, 2.75) is 38.5 Å². The van der Waals surface area contributed by atoms with Crippen molar-refractivity contribution in [1.82, 2.24) is 9.78 Å². The summed E-state index contributed by atoms with van der Waals surface area (Å²) in [5.41, 5.74) is 1.42. The maximum atomic E-state index is 11.6. The number of nitrogens with zero attached hydrogens (tertiary/aromatic N) is 3. The highest BCUT2D eigenvalue weighted by Crippen LogP contribution is 2.27. The van der Waals surface area contributed by atoms with Crippen LogP contribution in [0.4, 0.5) is 0 Å². The lowest BCUT2D eigenvalue weighted by atomic mass is 10.1. The highest BCUT2D eigenvalue weighted by atomic mass is 32.2. The Morgan fingerprint density at radius 3 is 2.59 bits per heavy atom. The van der Waals surface area contributed by atoms with E-state index in [0.717, 1.165) is 5.69 Å². The van der Waals surface area contributed by atoms with Crippen molar-refractivity contribution in [2.75, 3.05) is 5.75 Å². The standard InChI is InChI=1S/C11H15N3O2S/c1-11(2,3)14-10(6-12)8-7-17(15,16)5-4-9(8)13-14/h4-5,7H2,1-3H3. The molecule has 1 aliphatic heterocycles. The molecule has 2 heterocycles. The Morgan fingerprint density at radius 2 is 2.06 bits per heavy atom. The molecule has 1 aromatic heterocycles. The van der Waals surface area contributed by atoms with Crippen LogP contribution in [0.25, 0.3) is 0 Å². The topological polar surface area (TPSA) is 75.8 Å². The van der Waals surface area contributed by atoms with Crippen molar-refractivity contribution >= 4 is 9.84 Å². The SMILES string of the molecule is CC(C)(C)n1nc2c(c1C#N)CS(=O)(=O)CC2. The summed E-state index contributed by atoms with van der Waals surface area (Å²) in [7, 11) is -3.07. The van der Waals surface area contributed by atoms with Crippen molar-refractivity contribution in [2.24, 2.45) is 0 Å². The van der Waals surface area contributed by atoms with Gasteiger partial charge in [-0.2, -0.15) is 10.4 Å². The van der Waals surface area contributed by atoms with Gasteiger partial charge in [0.1, 0.15) is 11.8 Å². The maximum absolute atomic E-state index is 11.6. The van der Waals surface area contributed by atoms with Crippen molar-refractivity contribution < 1.29 is 8.42 Å². The predicted octanol–water partition coefficient (Wildman–Crippen LogP) is 0.981. The van der Waals surface area contributed by atoms with Gasteiger partial charge in [-0.3, -0.25) is 0 Å². The van der Waals surface area contributed by atoms with Crippen LogP contribution in [0, 0.1) is 11.3 Å². The molecule has 0 atom stereocenters. The van der Waals surface area contributed by atoms with Gasteiger partial charge in [-0.05, 0) is 20.8 Å². The van der Waals surface area contributed by atoms with Gasteiger partial charge in [-0.15, -0.1) is 0 Å². The normalized spacial score (nSPS) is 18.5. The van der Waals surface area contributed by atoms with Crippen molar-refractivity contribution in [3.8, 4) is 6.07 Å². The first-order chi connectivity index (χ1) is 7.74. The molecule has 0 saturated heterocycles. The van der Waals surface area contributed by atoms with Crippen molar-refractivity contribution in [3.05, 3.63) is 17.0 Å². The second kappa shape index (κ2) is 3.57. The lowest BCUT2D eigenvalue weighted by Crippen LogP contribution is -2.24. The summed E-state index contributed by atoms with van der Waals surface area (Å²) in [6, 6.07) is 2.08. The molecule has 0 unspecified atom stereocenters. The Balaban J connectivity index is 2.64. The lowest BCUT2D eigenvalue weighted by molar-refractivity contribution is 0.350. The number of rotatable bonds is 0. The first kappa shape index (κ1) is 12.1. The molecule has 92 valence electrons. The molecular weight excluding hydrogens is 238 g/mol. The van der Waals surface area contributed by atoms with Gasteiger partial charge in [-0.25, -0.2) is 13.1 Å². The number of nitriles is 1. The molecule has 0 saturated carbocycles. The first-order valence-electron chi connectivity index (χ1n) is 5.46. The van der Waals surface area contributed by atoms with Crippen molar-refractivity contribution in [1.29, 1.82) is 5.26 Å². The molecule has 0 bridgehead atoms. The van der Waals surface area contributed by atoms with Gasteiger partial charge in [0.25, 0.3) is 0 Å². The molecule has 1 aromatic rings. The molecule has 0 spiro atoms. The fraction of sp³-hybridized carbons (Fsp3) is 0.636. The number of hydrogen-bond donors (Lipinski definition) is 0. The molecule has 2 rings (SSSR count). The van der Waals surface area contributed by atoms with E-state index in [1.807, 2.05) is 20.8 Å².